The fourth-order valence-electron chi connectivity index (χ4n) is 1.81. The van der Waals surface area contributed by atoms with Gasteiger partial charge in [-0.05, 0) is 30.3 Å². The van der Waals surface area contributed by atoms with Gasteiger partial charge in [-0.2, -0.15) is 10.4 Å². The van der Waals surface area contributed by atoms with Gasteiger partial charge in [0.2, 0.25) is 0 Å². The zero-order valence-electron chi connectivity index (χ0n) is 9.21. The third kappa shape index (κ3) is 1.77. The van der Waals surface area contributed by atoms with Crippen molar-refractivity contribution in [3.05, 3.63) is 52.8 Å². The van der Waals surface area contributed by atoms with E-state index in [1.807, 2.05) is 18.2 Å². The number of aromatic nitrogens is 3. The van der Waals surface area contributed by atoms with Gasteiger partial charge < -0.3 is 0 Å². The SMILES string of the molecule is N#Cc1cc(Br)cc(-n2ncc3cccnc32)c1. The molecule has 1 aromatic carbocycles. The minimum Gasteiger partial charge on any atom is -0.237 e. The average Bonchev–Trinajstić information content (AvgIpc) is 2.81. The summed E-state index contributed by atoms with van der Waals surface area (Å²) in [6.07, 6.45) is 3.49. The first-order valence-electron chi connectivity index (χ1n) is 5.28. The van der Waals surface area contributed by atoms with Gasteiger partial charge in [0.1, 0.15) is 0 Å². The van der Waals surface area contributed by atoms with E-state index >= 15 is 0 Å². The minimum absolute atomic E-state index is 0.582. The summed E-state index contributed by atoms with van der Waals surface area (Å²) in [6, 6.07) is 11.4. The molecule has 0 aliphatic rings. The van der Waals surface area contributed by atoms with Gasteiger partial charge in [-0.1, -0.05) is 15.9 Å². The lowest BCUT2D eigenvalue weighted by Crippen LogP contribution is -1.98. The maximum Gasteiger partial charge on any atom is 0.162 e. The van der Waals surface area contributed by atoms with E-state index in [4.69, 9.17) is 5.26 Å². The monoisotopic (exact) mass is 298 g/mol. The van der Waals surface area contributed by atoms with E-state index < -0.39 is 0 Å². The molecule has 4 nitrogen and oxygen atoms in total. The predicted octanol–water partition coefficient (Wildman–Crippen LogP) is 3.05. The normalized spacial score (nSPS) is 10.4. The highest BCUT2D eigenvalue weighted by atomic mass is 79.9. The van der Waals surface area contributed by atoms with Gasteiger partial charge in [0.25, 0.3) is 0 Å². The predicted molar refractivity (Wildman–Crippen MR) is 71.3 cm³/mol. The second-order valence-electron chi connectivity index (χ2n) is 3.78. The first-order chi connectivity index (χ1) is 8.78. The molecule has 0 spiro atoms. The number of hydrogen-bond donors (Lipinski definition) is 0. The Kier molecular flexibility index (Phi) is 2.58. The lowest BCUT2D eigenvalue weighted by molar-refractivity contribution is 0.896. The molecule has 86 valence electrons. The number of rotatable bonds is 1. The van der Waals surface area contributed by atoms with Crippen LogP contribution in [0.2, 0.25) is 0 Å². The van der Waals surface area contributed by atoms with Crippen molar-refractivity contribution in [1.82, 2.24) is 14.8 Å². The molecule has 0 amide bonds. The van der Waals surface area contributed by atoms with Crippen LogP contribution in [0.5, 0.6) is 0 Å². The van der Waals surface area contributed by atoms with Crippen molar-refractivity contribution in [1.29, 1.82) is 5.26 Å². The maximum absolute atomic E-state index is 8.98. The molecule has 5 heteroatoms. The van der Waals surface area contributed by atoms with Gasteiger partial charge in [-0.3, -0.25) is 0 Å². The van der Waals surface area contributed by atoms with Crippen LogP contribution in [0.3, 0.4) is 0 Å². The molecule has 0 fully saturated rings. The van der Waals surface area contributed by atoms with Gasteiger partial charge in [0.15, 0.2) is 5.65 Å². The third-order valence-corrected chi connectivity index (χ3v) is 3.04. The zero-order valence-corrected chi connectivity index (χ0v) is 10.8. The Morgan fingerprint density at radius 3 is 3.00 bits per heavy atom. The quantitative estimate of drug-likeness (QED) is 0.694. The number of nitrogens with zero attached hydrogens (tertiary/aromatic N) is 4. The van der Waals surface area contributed by atoms with E-state index in [1.54, 1.807) is 29.2 Å². The second-order valence-corrected chi connectivity index (χ2v) is 4.70. The largest absolute Gasteiger partial charge is 0.237 e. The smallest absolute Gasteiger partial charge is 0.162 e. The van der Waals surface area contributed by atoms with Crippen molar-refractivity contribution >= 4 is 27.0 Å². The lowest BCUT2D eigenvalue weighted by atomic mass is 10.2. The number of hydrogen-bond acceptors (Lipinski definition) is 3. The molecule has 3 aromatic rings. The van der Waals surface area contributed by atoms with E-state index in [-0.39, 0.29) is 0 Å². The van der Waals surface area contributed by atoms with Crippen molar-refractivity contribution in [3.63, 3.8) is 0 Å². The molecule has 18 heavy (non-hydrogen) atoms. The van der Waals surface area contributed by atoms with E-state index in [9.17, 15) is 0 Å². The molecule has 0 saturated heterocycles. The maximum atomic E-state index is 8.98. The highest BCUT2D eigenvalue weighted by Gasteiger charge is 2.07. The number of nitriles is 1. The molecule has 2 heterocycles. The molecule has 0 radical (unpaired) electrons. The van der Waals surface area contributed by atoms with Crippen LogP contribution in [0, 0.1) is 11.3 Å². The Morgan fingerprint density at radius 2 is 2.17 bits per heavy atom. The molecule has 0 aliphatic heterocycles. The van der Waals surface area contributed by atoms with Crippen LogP contribution < -0.4 is 0 Å². The Hall–Kier alpha value is -2.19. The molecule has 0 atom stereocenters. The Morgan fingerprint density at radius 1 is 1.28 bits per heavy atom. The summed E-state index contributed by atoms with van der Waals surface area (Å²) in [5, 5.41) is 14.3. The Labute approximate surface area is 112 Å². The van der Waals surface area contributed by atoms with Gasteiger partial charge in [0, 0.05) is 16.1 Å². The van der Waals surface area contributed by atoms with Crippen LogP contribution in [-0.2, 0) is 0 Å². The van der Waals surface area contributed by atoms with Crippen LogP contribution in [-0.4, -0.2) is 14.8 Å². The van der Waals surface area contributed by atoms with Gasteiger partial charge in [-0.25, -0.2) is 9.67 Å². The molecule has 2 aromatic heterocycles. The van der Waals surface area contributed by atoms with Crippen molar-refractivity contribution in [2.24, 2.45) is 0 Å². The van der Waals surface area contributed by atoms with Gasteiger partial charge in [0.05, 0.1) is 23.5 Å². The summed E-state index contributed by atoms with van der Waals surface area (Å²) in [6.45, 7) is 0. The first kappa shape index (κ1) is 10.9. The fourth-order valence-corrected chi connectivity index (χ4v) is 2.29. The van der Waals surface area contributed by atoms with Crippen molar-refractivity contribution in [2.75, 3.05) is 0 Å². The summed E-state index contributed by atoms with van der Waals surface area (Å²) in [7, 11) is 0. The molecule has 0 N–H and O–H groups in total. The van der Waals surface area contributed by atoms with Crippen LogP contribution >= 0.6 is 15.9 Å². The van der Waals surface area contributed by atoms with E-state index in [1.165, 1.54) is 0 Å². The third-order valence-electron chi connectivity index (χ3n) is 2.59. The summed E-state index contributed by atoms with van der Waals surface area (Å²) < 4.78 is 2.57. The van der Waals surface area contributed by atoms with Crippen molar-refractivity contribution in [3.8, 4) is 11.8 Å². The fraction of sp³-hybridized carbons (Fsp3) is 0. The van der Waals surface area contributed by atoms with Crippen LogP contribution in [0.4, 0.5) is 0 Å². The number of benzene rings is 1. The number of fused-ring (bicyclic) bond motifs is 1. The standard InChI is InChI=1S/C13H7BrN4/c14-11-4-9(7-15)5-12(6-11)18-13-10(8-17-18)2-1-3-16-13/h1-6,8H. The second kappa shape index (κ2) is 4.24. The number of halogens is 1. The Bertz CT molecular complexity index is 770. The molecular formula is C13H7BrN4. The van der Waals surface area contributed by atoms with Gasteiger partial charge in [-0.15, -0.1) is 0 Å². The van der Waals surface area contributed by atoms with Crippen LogP contribution in [0.25, 0.3) is 16.7 Å². The highest BCUT2D eigenvalue weighted by Crippen LogP contribution is 2.21. The summed E-state index contributed by atoms with van der Waals surface area (Å²) in [4.78, 5) is 4.30. The van der Waals surface area contributed by atoms with E-state index in [0.717, 1.165) is 21.2 Å². The first-order valence-corrected chi connectivity index (χ1v) is 6.07. The summed E-state index contributed by atoms with van der Waals surface area (Å²) in [5.74, 6) is 0. The van der Waals surface area contributed by atoms with Crippen molar-refractivity contribution < 1.29 is 0 Å². The van der Waals surface area contributed by atoms with Gasteiger partial charge >= 0.3 is 0 Å². The average molecular weight is 299 g/mol. The highest BCUT2D eigenvalue weighted by molar-refractivity contribution is 9.10. The molecule has 0 aliphatic carbocycles. The van der Waals surface area contributed by atoms with E-state index in [2.05, 4.69) is 32.1 Å². The Balaban J connectivity index is 2.27. The van der Waals surface area contributed by atoms with Crippen LogP contribution in [0.15, 0.2) is 47.2 Å². The lowest BCUT2D eigenvalue weighted by Gasteiger charge is -2.04. The topological polar surface area (TPSA) is 54.5 Å². The molecule has 0 saturated carbocycles. The molecule has 0 unspecified atom stereocenters. The summed E-state index contributed by atoms with van der Waals surface area (Å²) in [5.41, 5.74) is 2.17. The van der Waals surface area contributed by atoms with E-state index in [0.29, 0.717) is 5.56 Å². The number of pyridine rings is 1. The van der Waals surface area contributed by atoms with Crippen molar-refractivity contribution in [2.45, 2.75) is 0 Å². The molecule has 0 bridgehead atoms. The zero-order chi connectivity index (χ0) is 12.5. The minimum atomic E-state index is 0.582. The summed E-state index contributed by atoms with van der Waals surface area (Å²) >= 11 is 3.39. The molecule has 3 rings (SSSR count). The molecular weight excluding hydrogens is 292 g/mol. The van der Waals surface area contributed by atoms with Crippen LogP contribution in [0.1, 0.15) is 5.56 Å².